The van der Waals surface area contributed by atoms with Crippen LogP contribution in [0.5, 0.6) is 5.75 Å². The second kappa shape index (κ2) is 14.4. The summed E-state index contributed by atoms with van der Waals surface area (Å²) in [7, 11) is 1.78. The first-order valence-corrected chi connectivity index (χ1v) is 16.3. The molecule has 1 unspecified atom stereocenters. The molecule has 1 amide bonds. The zero-order chi connectivity index (χ0) is 32.0. The van der Waals surface area contributed by atoms with Gasteiger partial charge in [-0.15, -0.1) is 0 Å². The van der Waals surface area contributed by atoms with E-state index in [4.69, 9.17) is 19.3 Å². The van der Waals surface area contributed by atoms with Crippen LogP contribution in [-0.2, 0) is 29.5 Å². The van der Waals surface area contributed by atoms with E-state index in [9.17, 15) is 9.59 Å². The maximum atomic E-state index is 13.1. The molecular formula is C33H42N8O5. The molecule has 244 valence electrons. The van der Waals surface area contributed by atoms with Crippen LogP contribution in [0.2, 0.25) is 0 Å². The second-order valence-corrected chi connectivity index (χ2v) is 11.9. The number of benzene rings is 1. The van der Waals surface area contributed by atoms with E-state index in [1.54, 1.807) is 11.7 Å². The first-order valence-electron chi connectivity index (χ1n) is 16.3. The first-order chi connectivity index (χ1) is 22.4. The zero-order valence-electron chi connectivity index (χ0n) is 26.8. The average Bonchev–Trinajstić information content (AvgIpc) is 3.40. The Bertz CT molecular complexity index is 1710. The minimum Gasteiger partial charge on any atom is -0.493 e. The summed E-state index contributed by atoms with van der Waals surface area (Å²) in [4.78, 5) is 49.9. The summed E-state index contributed by atoms with van der Waals surface area (Å²) in [6, 6.07) is 6.16. The molecule has 2 aliphatic rings. The number of aromatic amines is 1. The normalized spacial score (nSPS) is 17.4. The van der Waals surface area contributed by atoms with Crippen molar-refractivity contribution in [2.45, 2.75) is 71.5 Å². The van der Waals surface area contributed by atoms with E-state index in [1.165, 1.54) is 12.4 Å². The Morgan fingerprint density at radius 1 is 1.13 bits per heavy atom. The summed E-state index contributed by atoms with van der Waals surface area (Å²) < 4.78 is 13.1. The number of fused-ring (bicyclic) bond motifs is 1. The fourth-order valence-corrected chi connectivity index (χ4v) is 6.20. The van der Waals surface area contributed by atoms with Crippen LogP contribution in [0.15, 0.2) is 35.4 Å². The lowest BCUT2D eigenvalue weighted by Gasteiger charge is -2.32. The standard InChI is InChI=1S/C33H42N8O5/c1-4-8-25-28-29(40(3)38-25)32(43)37-30(36-28)24-18-22(10-11-26(24)44-5-2)17-21-12-14-41(15-13-21)33-34-19-23(20-35-33)31(42)39-46-27-9-6-7-16-45-27/h10-11,18-21,27H,4-9,12-17H2,1-3H3,(H,39,42)(H,36,37,43). The molecule has 2 aliphatic heterocycles. The van der Waals surface area contributed by atoms with Gasteiger partial charge in [0.15, 0.2) is 11.8 Å². The molecule has 13 nitrogen and oxygen atoms in total. The Labute approximate surface area is 267 Å². The number of hydroxylamine groups is 1. The monoisotopic (exact) mass is 630 g/mol. The molecule has 0 saturated carbocycles. The van der Waals surface area contributed by atoms with Gasteiger partial charge < -0.3 is 19.4 Å². The number of piperidine rings is 1. The second-order valence-electron chi connectivity index (χ2n) is 11.9. The molecule has 46 heavy (non-hydrogen) atoms. The van der Waals surface area contributed by atoms with Gasteiger partial charge in [-0.1, -0.05) is 19.4 Å². The molecule has 1 atom stereocenters. The van der Waals surface area contributed by atoms with Crippen LogP contribution in [0.25, 0.3) is 22.4 Å². The number of H-pyrrole nitrogens is 1. The summed E-state index contributed by atoms with van der Waals surface area (Å²) in [6.45, 7) is 6.80. The summed E-state index contributed by atoms with van der Waals surface area (Å²) in [5, 5.41) is 4.56. The quantitative estimate of drug-likeness (QED) is 0.232. The molecule has 2 N–H and O–H groups in total. The van der Waals surface area contributed by atoms with E-state index in [-0.39, 0.29) is 5.56 Å². The third kappa shape index (κ3) is 7.05. The van der Waals surface area contributed by atoms with E-state index in [0.29, 0.717) is 53.3 Å². The number of hydrogen-bond acceptors (Lipinski definition) is 10. The highest BCUT2D eigenvalue weighted by Gasteiger charge is 2.24. The van der Waals surface area contributed by atoms with Gasteiger partial charge in [0.25, 0.3) is 11.5 Å². The summed E-state index contributed by atoms with van der Waals surface area (Å²) in [5.41, 5.74) is 6.45. The fraction of sp³-hybridized carbons (Fsp3) is 0.515. The van der Waals surface area contributed by atoms with Gasteiger partial charge in [0.1, 0.15) is 17.1 Å². The highest BCUT2D eigenvalue weighted by atomic mass is 16.8. The molecule has 0 bridgehead atoms. The molecule has 1 aromatic carbocycles. The number of amides is 1. The number of anilines is 1. The number of carbonyl (C=O) groups is 1. The smallest absolute Gasteiger partial charge is 0.278 e. The van der Waals surface area contributed by atoms with Crippen LogP contribution < -0.4 is 20.7 Å². The molecule has 4 aromatic rings. The van der Waals surface area contributed by atoms with Crippen molar-refractivity contribution >= 4 is 22.9 Å². The van der Waals surface area contributed by atoms with Gasteiger partial charge in [-0.25, -0.2) is 25.3 Å². The van der Waals surface area contributed by atoms with Crippen molar-refractivity contribution in [3.05, 3.63) is 57.8 Å². The molecule has 2 saturated heterocycles. The number of aryl methyl sites for hydroxylation is 2. The maximum absolute atomic E-state index is 13.1. The average molecular weight is 631 g/mol. The molecule has 5 heterocycles. The van der Waals surface area contributed by atoms with Crippen LogP contribution >= 0.6 is 0 Å². The molecular weight excluding hydrogens is 588 g/mol. The maximum Gasteiger partial charge on any atom is 0.278 e. The molecule has 0 radical (unpaired) electrons. The lowest BCUT2D eigenvalue weighted by atomic mass is 9.89. The van der Waals surface area contributed by atoms with E-state index in [1.807, 2.05) is 13.0 Å². The minimum atomic E-state index is -0.413. The van der Waals surface area contributed by atoms with E-state index >= 15 is 0 Å². The Balaban J connectivity index is 1.10. The number of rotatable bonds is 11. The predicted octanol–water partition coefficient (Wildman–Crippen LogP) is 4.11. The van der Waals surface area contributed by atoms with Gasteiger partial charge in [0, 0.05) is 45.6 Å². The summed E-state index contributed by atoms with van der Waals surface area (Å²) >= 11 is 0. The van der Waals surface area contributed by atoms with Crippen LogP contribution in [0.1, 0.15) is 74.0 Å². The Morgan fingerprint density at radius 3 is 2.65 bits per heavy atom. The van der Waals surface area contributed by atoms with Gasteiger partial charge in [0.2, 0.25) is 5.95 Å². The molecule has 0 spiro atoms. The van der Waals surface area contributed by atoms with Crippen molar-refractivity contribution in [1.29, 1.82) is 0 Å². The molecule has 3 aromatic heterocycles. The van der Waals surface area contributed by atoms with Gasteiger partial charge in [-0.2, -0.15) is 5.10 Å². The number of aromatic nitrogens is 6. The van der Waals surface area contributed by atoms with Crippen LogP contribution in [0.4, 0.5) is 5.95 Å². The summed E-state index contributed by atoms with van der Waals surface area (Å²) in [5.74, 6) is 1.86. The van der Waals surface area contributed by atoms with E-state index in [2.05, 4.69) is 49.5 Å². The van der Waals surface area contributed by atoms with Crippen LogP contribution in [0, 0.1) is 5.92 Å². The number of carbonyl (C=O) groups excluding carboxylic acids is 1. The van der Waals surface area contributed by atoms with Crippen molar-refractivity contribution in [3.8, 4) is 17.1 Å². The fourth-order valence-electron chi connectivity index (χ4n) is 6.20. The molecule has 2 fully saturated rings. The molecule has 13 heteroatoms. The van der Waals surface area contributed by atoms with Gasteiger partial charge >= 0.3 is 0 Å². The molecule has 6 rings (SSSR count). The van der Waals surface area contributed by atoms with Crippen molar-refractivity contribution in [3.63, 3.8) is 0 Å². The number of ether oxygens (including phenoxy) is 2. The van der Waals surface area contributed by atoms with Crippen LogP contribution in [0.3, 0.4) is 0 Å². The highest BCUT2D eigenvalue weighted by molar-refractivity contribution is 5.92. The van der Waals surface area contributed by atoms with E-state index in [0.717, 1.165) is 81.3 Å². The lowest BCUT2D eigenvalue weighted by molar-refractivity contribution is -0.186. The molecule has 0 aliphatic carbocycles. The van der Waals surface area contributed by atoms with Crippen molar-refractivity contribution < 1.29 is 19.1 Å². The Morgan fingerprint density at radius 2 is 1.93 bits per heavy atom. The third-order valence-corrected chi connectivity index (χ3v) is 8.59. The lowest BCUT2D eigenvalue weighted by Crippen LogP contribution is -2.36. The van der Waals surface area contributed by atoms with Crippen molar-refractivity contribution in [1.82, 2.24) is 35.2 Å². The SMILES string of the molecule is CCCc1nn(C)c2c(=O)[nH]c(-c3cc(CC4CCN(c5ncc(C(=O)NOC6CCCCO6)cn5)CC4)ccc3OCC)nc12. The van der Waals surface area contributed by atoms with Crippen molar-refractivity contribution in [2.24, 2.45) is 13.0 Å². The Kier molecular flexibility index (Phi) is 9.88. The zero-order valence-corrected chi connectivity index (χ0v) is 26.8. The third-order valence-electron chi connectivity index (χ3n) is 8.59. The number of hydrogen-bond donors (Lipinski definition) is 2. The first kappa shape index (κ1) is 31.6. The number of nitrogens with one attached hydrogen (secondary N) is 2. The van der Waals surface area contributed by atoms with E-state index < -0.39 is 12.2 Å². The van der Waals surface area contributed by atoms with Crippen LogP contribution in [-0.4, -0.2) is 68.2 Å². The number of nitrogens with zero attached hydrogens (tertiary/aromatic N) is 6. The Hall–Kier alpha value is -4.36. The topological polar surface area (TPSA) is 149 Å². The van der Waals surface area contributed by atoms with Gasteiger partial charge in [-0.05, 0) is 69.1 Å². The van der Waals surface area contributed by atoms with Gasteiger partial charge in [0.05, 0.1) is 23.4 Å². The minimum absolute atomic E-state index is 0.212. The van der Waals surface area contributed by atoms with Gasteiger partial charge in [-0.3, -0.25) is 14.3 Å². The largest absolute Gasteiger partial charge is 0.493 e. The van der Waals surface area contributed by atoms with Crippen molar-refractivity contribution in [2.75, 3.05) is 31.2 Å². The summed E-state index contributed by atoms with van der Waals surface area (Å²) in [6.07, 6.45) is 9.92. The predicted molar refractivity (Wildman–Crippen MR) is 173 cm³/mol. The highest BCUT2D eigenvalue weighted by Crippen LogP contribution is 2.32.